The van der Waals surface area contributed by atoms with Crippen LogP contribution in [0.15, 0.2) is 47.6 Å². The minimum absolute atomic E-state index is 0.777. The second-order valence-electron chi connectivity index (χ2n) is 3.06. The molecular formula is C12H10ClNS. The van der Waals surface area contributed by atoms with E-state index in [1.807, 2.05) is 42.8 Å². The molecule has 0 radical (unpaired) electrons. The molecule has 2 aromatic rings. The molecule has 0 aliphatic rings. The topological polar surface area (TPSA) is 12.9 Å². The first-order valence-electron chi connectivity index (χ1n) is 4.56. The van der Waals surface area contributed by atoms with Gasteiger partial charge in [-0.2, -0.15) is 0 Å². The fourth-order valence-corrected chi connectivity index (χ4v) is 2.25. The number of nitrogens with zero attached hydrogens (tertiary/aromatic N) is 1. The van der Waals surface area contributed by atoms with Gasteiger partial charge in [0, 0.05) is 27.9 Å². The lowest BCUT2D eigenvalue weighted by Crippen LogP contribution is -1.84. The van der Waals surface area contributed by atoms with Gasteiger partial charge in [0.1, 0.15) is 0 Å². The van der Waals surface area contributed by atoms with Crippen LogP contribution in [0.1, 0.15) is 0 Å². The van der Waals surface area contributed by atoms with Crippen LogP contribution in [0.5, 0.6) is 0 Å². The van der Waals surface area contributed by atoms with Crippen molar-refractivity contribution in [3.63, 3.8) is 0 Å². The van der Waals surface area contributed by atoms with Crippen molar-refractivity contribution in [2.24, 2.45) is 0 Å². The van der Waals surface area contributed by atoms with Crippen molar-refractivity contribution in [2.45, 2.75) is 4.90 Å². The molecule has 1 aromatic heterocycles. The molecule has 2 rings (SSSR count). The number of hydrogen-bond acceptors (Lipinski definition) is 2. The van der Waals surface area contributed by atoms with E-state index in [1.165, 1.54) is 0 Å². The van der Waals surface area contributed by atoms with Gasteiger partial charge in [-0.15, -0.1) is 11.8 Å². The van der Waals surface area contributed by atoms with Crippen LogP contribution >= 0.6 is 23.4 Å². The van der Waals surface area contributed by atoms with Crippen molar-refractivity contribution in [3.8, 4) is 11.1 Å². The van der Waals surface area contributed by atoms with Crippen molar-refractivity contribution < 1.29 is 0 Å². The number of rotatable bonds is 2. The van der Waals surface area contributed by atoms with Gasteiger partial charge in [0.05, 0.1) is 0 Å². The third-order valence-electron chi connectivity index (χ3n) is 2.17. The SMILES string of the molecule is CSc1cnccc1-c1ccccc1Cl. The van der Waals surface area contributed by atoms with Crippen LogP contribution in [-0.2, 0) is 0 Å². The lowest BCUT2D eigenvalue weighted by molar-refractivity contribution is 1.24. The van der Waals surface area contributed by atoms with Gasteiger partial charge in [0.15, 0.2) is 0 Å². The van der Waals surface area contributed by atoms with Crippen molar-refractivity contribution in [3.05, 3.63) is 47.7 Å². The Bertz CT molecular complexity index is 471. The molecule has 15 heavy (non-hydrogen) atoms. The van der Waals surface area contributed by atoms with E-state index in [9.17, 15) is 0 Å². The summed E-state index contributed by atoms with van der Waals surface area (Å²) in [6.07, 6.45) is 5.69. The zero-order valence-electron chi connectivity index (χ0n) is 8.27. The van der Waals surface area contributed by atoms with E-state index in [1.54, 1.807) is 18.0 Å². The molecule has 0 aliphatic heterocycles. The summed E-state index contributed by atoms with van der Waals surface area (Å²) in [4.78, 5) is 5.25. The molecule has 76 valence electrons. The molecule has 0 aliphatic carbocycles. The molecule has 0 amide bonds. The van der Waals surface area contributed by atoms with Gasteiger partial charge in [-0.1, -0.05) is 29.8 Å². The van der Waals surface area contributed by atoms with Crippen molar-refractivity contribution in [1.82, 2.24) is 4.98 Å². The molecule has 0 fully saturated rings. The van der Waals surface area contributed by atoms with Crippen molar-refractivity contribution >= 4 is 23.4 Å². The summed E-state index contributed by atoms with van der Waals surface area (Å²) in [6.45, 7) is 0. The van der Waals surface area contributed by atoms with E-state index in [4.69, 9.17) is 11.6 Å². The predicted molar refractivity (Wildman–Crippen MR) is 66.5 cm³/mol. The van der Waals surface area contributed by atoms with Crippen LogP contribution in [-0.4, -0.2) is 11.2 Å². The maximum Gasteiger partial charge on any atom is 0.0484 e. The summed E-state index contributed by atoms with van der Waals surface area (Å²) in [5, 5.41) is 0.777. The van der Waals surface area contributed by atoms with E-state index in [0.717, 1.165) is 21.0 Å². The Morgan fingerprint density at radius 2 is 1.93 bits per heavy atom. The monoisotopic (exact) mass is 235 g/mol. The van der Waals surface area contributed by atoms with Gasteiger partial charge < -0.3 is 0 Å². The summed E-state index contributed by atoms with van der Waals surface area (Å²) in [5.41, 5.74) is 2.20. The normalized spacial score (nSPS) is 10.3. The molecule has 0 unspecified atom stereocenters. The molecule has 0 spiro atoms. The second-order valence-corrected chi connectivity index (χ2v) is 4.31. The first-order chi connectivity index (χ1) is 7.33. The Kier molecular flexibility index (Phi) is 3.29. The van der Waals surface area contributed by atoms with Crippen LogP contribution in [0.25, 0.3) is 11.1 Å². The third kappa shape index (κ3) is 2.16. The van der Waals surface area contributed by atoms with E-state index in [0.29, 0.717) is 0 Å². The first-order valence-corrected chi connectivity index (χ1v) is 6.16. The first kappa shape index (κ1) is 10.5. The average Bonchev–Trinajstić information content (AvgIpc) is 2.30. The largest absolute Gasteiger partial charge is 0.264 e. The Morgan fingerprint density at radius 3 is 2.67 bits per heavy atom. The Hall–Kier alpha value is -0.990. The molecule has 0 saturated carbocycles. The Morgan fingerprint density at radius 1 is 1.13 bits per heavy atom. The Balaban J connectivity index is 2.59. The van der Waals surface area contributed by atoms with Gasteiger partial charge in [0.2, 0.25) is 0 Å². The number of hydrogen-bond donors (Lipinski definition) is 0. The second kappa shape index (κ2) is 4.69. The van der Waals surface area contributed by atoms with Gasteiger partial charge in [-0.25, -0.2) is 0 Å². The predicted octanol–water partition coefficient (Wildman–Crippen LogP) is 4.12. The molecule has 0 bridgehead atoms. The van der Waals surface area contributed by atoms with Crippen LogP contribution in [0.3, 0.4) is 0 Å². The fraction of sp³-hybridized carbons (Fsp3) is 0.0833. The third-order valence-corrected chi connectivity index (χ3v) is 3.26. The zero-order chi connectivity index (χ0) is 10.7. The van der Waals surface area contributed by atoms with Crippen molar-refractivity contribution in [1.29, 1.82) is 0 Å². The molecule has 0 saturated heterocycles. The van der Waals surface area contributed by atoms with Crippen molar-refractivity contribution in [2.75, 3.05) is 6.26 Å². The summed E-state index contributed by atoms with van der Waals surface area (Å²) >= 11 is 7.84. The lowest BCUT2D eigenvalue weighted by Gasteiger charge is -2.07. The number of pyridine rings is 1. The van der Waals surface area contributed by atoms with Crippen LogP contribution in [0, 0.1) is 0 Å². The molecule has 3 heteroatoms. The molecular weight excluding hydrogens is 226 g/mol. The maximum absolute atomic E-state index is 6.16. The summed E-state index contributed by atoms with van der Waals surface area (Å²) in [6, 6.07) is 9.85. The molecule has 0 atom stereocenters. The van der Waals surface area contributed by atoms with E-state index in [2.05, 4.69) is 4.98 Å². The standard InChI is InChI=1S/C12H10ClNS/c1-15-12-8-14-7-6-10(12)9-4-2-3-5-11(9)13/h2-8H,1H3. The van der Waals surface area contributed by atoms with Gasteiger partial charge >= 0.3 is 0 Å². The van der Waals surface area contributed by atoms with Gasteiger partial charge in [-0.05, 0) is 24.0 Å². The summed E-state index contributed by atoms with van der Waals surface area (Å²) in [5.74, 6) is 0. The average molecular weight is 236 g/mol. The maximum atomic E-state index is 6.16. The quantitative estimate of drug-likeness (QED) is 0.727. The summed E-state index contributed by atoms with van der Waals surface area (Å²) in [7, 11) is 0. The number of aromatic nitrogens is 1. The molecule has 1 nitrogen and oxygen atoms in total. The fourth-order valence-electron chi connectivity index (χ4n) is 1.44. The number of benzene rings is 1. The van der Waals surface area contributed by atoms with Gasteiger partial charge in [0.25, 0.3) is 0 Å². The lowest BCUT2D eigenvalue weighted by atomic mass is 10.1. The van der Waals surface area contributed by atoms with E-state index in [-0.39, 0.29) is 0 Å². The van der Waals surface area contributed by atoms with Crippen LogP contribution < -0.4 is 0 Å². The smallest absolute Gasteiger partial charge is 0.0484 e. The highest BCUT2D eigenvalue weighted by atomic mass is 35.5. The molecule has 1 aromatic carbocycles. The summed E-state index contributed by atoms with van der Waals surface area (Å²) < 4.78 is 0. The zero-order valence-corrected chi connectivity index (χ0v) is 9.85. The highest BCUT2D eigenvalue weighted by Gasteiger charge is 2.06. The minimum atomic E-state index is 0.777. The van der Waals surface area contributed by atoms with Crippen LogP contribution in [0.2, 0.25) is 5.02 Å². The number of thioether (sulfide) groups is 1. The molecule has 0 N–H and O–H groups in total. The van der Waals surface area contributed by atoms with E-state index >= 15 is 0 Å². The van der Waals surface area contributed by atoms with E-state index < -0.39 is 0 Å². The highest BCUT2D eigenvalue weighted by Crippen LogP contribution is 2.33. The number of halogens is 1. The Labute approximate surface area is 98.5 Å². The van der Waals surface area contributed by atoms with Crippen LogP contribution in [0.4, 0.5) is 0 Å². The minimum Gasteiger partial charge on any atom is -0.264 e. The highest BCUT2D eigenvalue weighted by molar-refractivity contribution is 7.98. The van der Waals surface area contributed by atoms with Gasteiger partial charge in [-0.3, -0.25) is 4.98 Å². The molecule has 1 heterocycles.